The summed E-state index contributed by atoms with van der Waals surface area (Å²) in [6.07, 6.45) is 1.48. The Morgan fingerprint density at radius 1 is 0.963 bits per heavy atom. The first-order valence-electron chi connectivity index (χ1n) is 7.99. The van der Waals surface area contributed by atoms with Crippen LogP contribution in [0.15, 0.2) is 53.6 Å². The van der Waals surface area contributed by atoms with Gasteiger partial charge >= 0.3 is 5.97 Å². The second-order valence-electron chi connectivity index (χ2n) is 5.17. The van der Waals surface area contributed by atoms with E-state index >= 15 is 0 Å². The molecule has 8 heteroatoms. The molecule has 0 saturated heterocycles. The fourth-order valence-electron chi connectivity index (χ4n) is 1.94. The van der Waals surface area contributed by atoms with Crippen LogP contribution in [-0.4, -0.2) is 45.5 Å². The van der Waals surface area contributed by atoms with Crippen molar-refractivity contribution in [3.8, 4) is 17.2 Å². The van der Waals surface area contributed by atoms with Crippen molar-refractivity contribution in [2.24, 2.45) is 5.10 Å². The number of para-hydroxylation sites is 2. The van der Waals surface area contributed by atoms with Crippen molar-refractivity contribution < 1.29 is 28.5 Å². The zero-order valence-electron chi connectivity index (χ0n) is 15.0. The molecule has 0 heterocycles. The Morgan fingerprint density at radius 2 is 1.67 bits per heavy atom. The van der Waals surface area contributed by atoms with Gasteiger partial charge in [-0.25, -0.2) is 10.2 Å². The number of hydrogen-bond donors (Lipinski definition) is 1. The molecule has 142 valence electrons. The number of carbonyl (C=O) groups excluding carboxylic acids is 2. The summed E-state index contributed by atoms with van der Waals surface area (Å²) in [5.41, 5.74) is 3.12. The average molecular weight is 372 g/mol. The highest BCUT2D eigenvalue weighted by atomic mass is 16.6. The van der Waals surface area contributed by atoms with Gasteiger partial charge in [0.25, 0.3) is 5.91 Å². The van der Waals surface area contributed by atoms with Crippen LogP contribution in [0, 0.1) is 0 Å². The van der Waals surface area contributed by atoms with E-state index < -0.39 is 11.9 Å². The summed E-state index contributed by atoms with van der Waals surface area (Å²) in [5.74, 6) is 0.672. The van der Waals surface area contributed by atoms with Crippen LogP contribution >= 0.6 is 0 Å². The second kappa shape index (κ2) is 10.4. The maximum atomic E-state index is 11.8. The molecule has 0 bridgehead atoms. The van der Waals surface area contributed by atoms with Crippen LogP contribution < -0.4 is 19.6 Å². The van der Waals surface area contributed by atoms with Gasteiger partial charge in [-0.05, 0) is 42.0 Å². The SMILES string of the molecule is COC(=O)COc1ccc(/C=N/NC(=O)COc2ccccc2OC)cc1. The molecule has 8 nitrogen and oxygen atoms in total. The smallest absolute Gasteiger partial charge is 0.343 e. The van der Waals surface area contributed by atoms with E-state index in [-0.39, 0.29) is 13.2 Å². The van der Waals surface area contributed by atoms with Gasteiger partial charge in [0.05, 0.1) is 20.4 Å². The number of nitrogens with zero attached hydrogens (tertiary/aromatic N) is 1. The minimum absolute atomic E-state index is 0.161. The number of nitrogens with one attached hydrogen (secondary N) is 1. The third-order valence-corrected chi connectivity index (χ3v) is 3.30. The third kappa shape index (κ3) is 6.69. The van der Waals surface area contributed by atoms with Gasteiger partial charge in [0.2, 0.25) is 0 Å². The Kier molecular flexibility index (Phi) is 7.65. The van der Waals surface area contributed by atoms with Crippen LogP contribution in [0.5, 0.6) is 17.2 Å². The van der Waals surface area contributed by atoms with Gasteiger partial charge in [0.1, 0.15) is 5.75 Å². The average Bonchev–Trinajstić information content (AvgIpc) is 2.71. The van der Waals surface area contributed by atoms with Crippen molar-refractivity contribution in [2.75, 3.05) is 27.4 Å². The van der Waals surface area contributed by atoms with Crippen LogP contribution in [0.4, 0.5) is 0 Å². The minimum Gasteiger partial charge on any atom is -0.493 e. The van der Waals surface area contributed by atoms with Crippen LogP contribution in [0.25, 0.3) is 0 Å². The fourth-order valence-corrected chi connectivity index (χ4v) is 1.94. The van der Waals surface area contributed by atoms with E-state index in [2.05, 4.69) is 15.3 Å². The first-order chi connectivity index (χ1) is 13.1. The Labute approximate surface area is 156 Å². The molecule has 27 heavy (non-hydrogen) atoms. The Bertz CT molecular complexity index is 789. The number of ether oxygens (including phenoxy) is 4. The number of rotatable bonds is 9. The van der Waals surface area contributed by atoms with Gasteiger partial charge in [-0.15, -0.1) is 0 Å². The Morgan fingerprint density at radius 3 is 2.33 bits per heavy atom. The molecule has 0 unspecified atom stereocenters. The molecule has 2 aromatic rings. The fraction of sp³-hybridized carbons (Fsp3) is 0.211. The summed E-state index contributed by atoms with van der Waals surface area (Å²) in [5, 5.41) is 3.86. The molecule has 1 N–H and O–H groups in total. The van der Waals surface area contributed by atoms with Crippen LogP contribution in [0.2, 0.25) is 0 Å². The van der Waals surface area contributed by atoms with Crippen LogP contribution in [0.3, 0.4) is 0 Å². The topological polar surface area (TPSA) is 95.5 Å². The Balaban J connectivity index is 1.77. The van der Waals surface area contributed by atoms with Crippen molar-refractivity contribution in [3.63, 3.8) is 0 Å². The lowest BCUT2D eigenvalue weighted by Crippen LogP contribution is -2.24. The Hall–Kier alpha value is -3.55. The van der Waals surface area contributed by atoms with E-state index in [4.69, 9.17) is 14.2 Å². The predicted octanol–water partition coefficient (Wildman–Crippen LogP) is 1.78. The van der Waals surface area contributed by atoms with E-state index in [9.17, 15) is 9.59 Å². The lowest BCUT2D eigenvalue weighted by Gasteiger charge is -2.09. The highest BCUT2D eigenvalue weighted by Crippen LogP contribution is 2.25. The summed E-state index contributed by atoms with van der Waals surface area (Å²) in [6.45, 7) is -0.357. The summed E-state index contributed by atoms with van der Waals surface area (Å²) in [4.78, 5) is 22.8. The number of hydrazone groups is 1. The van der Waals surface area contributed by atoms with Crippen molar-refractivity contribution >= 4 is 18.1 Å². The van der Waals surface area contributed by atoms with E-state index in [1.165, 1.54) is 20.4 Å². The number of esters is 1. The highest BCUT2D eigenvalue weighted by Gasteiger charge is 2.06. The summed E-state index contributed by atoms with van der Waals surface area (Å²) in [7, 11) is 2.82. The summed E-state index contributed by atoms with van der Waals surface area (Å²) >= 11 is 0. The third-order valence-electron chi connectivity index (χ3n) is 3.30. The van der Waals surface area contributed by atoms with Gasteiger partial charge in [0, 0.05) is 0 Å². The van der Waals surface area contributed by atoms with Crippen LogP contribution in [0.1, 0.15) is 5.56 Å². The normalized spacial score (nSPS) is 10.3. The quantitative estimate of drug-likeness (QED) is 0.410. The van der Waals surface area contributed by atoms with Gasteiger partial charge in [-0.2, -0.15) is 5.10 Å². The van der Waals surface area contributed by atoms with Crippen molar-refractivity contribution in [2.45, 2.75) is 0 Å². The minimum atomic E-state index is -0.460. The number of benzene rings is 2. The van der Waals surface area contributed by atoms with E-state index in [0.717, 1.165) is 5.56 Å². The molecular formula is C19H20N2O6. The molecule has 0 aromatic heterocycles. The lowest BCUT2D eigenvalue weighted by molar-refractivity contribution is -0.142. The van der Waals surface area contributed by atoms with E-state index in [1.54, 1.807) is 42.5 Å². The van der Waals surface area contributed by atoms with Crippen molar-refractivity contribution in [1.82, 2.24) is 5.43 Å². The summed E-state index contributed by atoms with van der Waals surface area (Å²) in [6, 6.07) is 13.9. The molecule has 0 fully saturated rings. The molecule has 0 saturated carbocycles. The number of carbonyl (C=O) groups is 2. The molecule has 0 aliphatic heterocycles. The van der Waals surface area contributed by atoms with Gasteiger partial charge in [-0.3, -0.25) is 4.79 Å². The van der Waals surface area contributed by atoms with E-state index in [0.29, 0.717) is 17.2 Å². The molecule has 0 spiro atoms. The molecule has 2 rings (SSSR count). The number of methoxy groups -OCH3 is 2. The lowest BCUT2D eigenvalue weighted by atomic mass is 10.2. The van der Waals surface area contributed by atoms with Gasteiger partial charge < -0.3 is 18.9 Å². The van der Waals surface area contributed by atoms with Crippen LogP contribution in [-0.2, 0) is 14.3 Å². The van der Waals surface area contributed by atoms with Gasteiger partial charge in [-0.1, -0.05) is 12.1 Å². The molecular weight excluding hydrogens is 352 g/mol. The van der Waals surface area contributed by atoms with Crippen molar-refractivity contribution in [1.29, 1.82) is 0 Å². The number of amides is 1. The zero-order valence-corrected chi connectivity index (χ0v) is 15.0. The van der Waals surface area contributed by atoms with E-state index in [1.807, 2.05) is 6.07 Å². The number of hydrogen-bond acceptors (Lipinski definition) is 7. The monoisotopic (exact) mass is 372 g/mol. The maximum absolute atomic E-state index is 11.8. The molecule has 2 aromatic carbocycles. The second-order valence-corrected chi connectivity index (χ2v) is 5.17. The molecule has 0 atom stereocenters. The first kappa shape index (κ1) is 19.8. The van der Waals surface area contributed by atoms with Gasteiger partial charge in [0.15, 0.2) is 24.7 Å². The largest absolute Gasteiger partial charge is 0.493 e. The maximum Gasteiger partial charge on any atom is 0.343 e. The zero-order chi connectivity index (χ0) is 19.5. The molecule has 1 amide bonds. The standard InChI is InChI=1S/C19H20N2O6/c1-24-16-5-3-4-6-17(16)27-12-18(22)21-20-11-14-7-9-15(10-8-14)26-13-19(23)25-2/h3-11H,12-13H2,1-2H3,(H,21,22)/b20-11+. The summed E-state index contributed by atoms with van der Waals surface area (Å²) < 4.78 is 20.3. The molecule has 0 radical (unpaired) electrons. The molecule has 0 aliphatic carbocycles. The predicted molar refractivity (Wildman–Crippen MR) is 98.2 cm³/mol. The molecule has 0 aliphatic rings. The first-order valence-corrected chi connectivity index (χ1v) is 7.99. The highest BCUT2D eigenvalue weighted by molar-refractivity contribution is 5.83. The van der Waals surface area contributed by atoms with Crippen molar-refractivity contribution in [3.05, 3.63) is 54.1 Å².